The number of nitrogens with zero attached hydrogens (tertiary/aromatic N) is 1. The van der Waals surface area contributed by atoms with Crippen LogP contribution in [0.3, 0.4) is 0 Å². The van der Waals surface area contributed by atoms with E-state index in [2.05, 4.69) is 20.9 Å². The van der Waals surface area contributed by atoms with Crippen molar-refractivity contribution in [1.29, 1.82) is 0 Å². The summed E-state index contributed by atoms with van der Waals surface area (Å²) in [6, 6.07) is 7.83. The third-order valence-corrected chi connectivity index (χ3v) is 2.72. The van der Waals surface area contributed by atoms with Crippen LogP contribution in [0.4, 0.5) is 0 Å². The van der Waals surface area contributed by atoms with Crippen molar-refractivity contribution < 1.29 is 0 Å². The summed E-state index contributed by atoms with van der Waals surface area (Å²) >= 11 is 9.29. The van der Waals surface area contributed by atoms with Crippen molar-refractivity contribution in [3.8, 4) is 0 Å². The molecule has 0 saturated carbocycles. The Bertz CT molecular complexity index is 468. The molecule has 1 aromatic carbocycles. The first-order valence-electron chi connectivity index (χ1n) is 3.89. The Balaban J connectivity index is 2.87. The van der Waals surface area contributed by atoms with Gasteiger partial charge < -0.3 is 0 Å². The molecule has 13 heavy (non-hydrogen) atoms. The maximum absolute atomic E-state index is 5.88. The van der Waals surface area contributed by atoms with Crippen LogP contribution in [0.1, 0.15) is 5.69 Å². The quantitative estimate of drug-likeness (QED) is 0.650. The third-order valence-electron chi connectivity index (χ3n) is 1.88. The van der Waals surface area contributed by atoms with Gasteiger partial charge in [0.15, 0.2) is 0 Å². The predicted octanol–water partition coefficient (Wildman–Crippen LogP) is 3.96. The van der Waals surface area contributed by atoms with Gasteiger partial charge in [-0.05, 0) is 46.4 Å². The average molecular weight is 257 g/mol. The van der Waals surface area contributed by atoms with E-state index in [-0.39, 0.29) is 0 Å². The number of rotatable bonds is 0. The highest BCUT2D eigenvalue weighted by atomic mass is 79.9. The Morgan fingerprint density at radius 3 is 2.85 bits per heavy atom. The average Bonchev–Trinajstić information content (AvgIpc) is 2.06. The molecule has 2 rings (SSSR count). The summed E-state index contributed by atoms with van der Waals surface area (Å²) in [7, 11) is 0. The summed E-state index contributed by atoms with van der Waals surface area (Å²) in [5.41, 5.74) is 1.00. The van der Waals surface area contributed by atoms with Gasteiger partial charge in [-0.1, -0.05) is 17.7 Å². The fourth-order valence-electron chi connectivity index (χ4n) is 1.31. The molecule has 2 aromatic rings. The molecular formula is C10H7BrClN. The van der Waals surface area contributed by atoms with Crippen LogP contribution in [0.2, 0.25) is 5.02 Å². The highest BCUT2D eigenvalue weighted by Gasteiger charge is 2.01. The van der Waals surface area contributed by atoms with Gasteiger partial charge in [0.1, 0.15) is 4.60 Å². The normalized spacial score (nSPS) is 10.7. The molecule has 0 atom stereocenters. The van der Waals surface area contributed by atoms with Gasteiger partial charge in [0.2, 0.25) is 0 Å². The first-order chi connectivity index (χ1) is 6.16. The summed E-state index contributed by atoms with van der Waals surface area (Å²) in [4.78, 5) is 4.30. The second kappa shape index (κ2) is 3.28. The Hall–Kier alpha value is -0.600. The van der Waals surface area contributed by atoms with Crippen LogP contribution in [-0.4, -0.2) is 4.98 Å². The van der Waals surface area contributed by atoms with Crippen molar-refractivity contribution in [2.24, 2.45) is 0 Å². The lowest BCUT2D eigenvalue weighted by molar-refractivity contribution is 1.19. The summed E-state index contributed by atoms with van der Waals surface area (Å²) in [6.07, 6.45) is 0. The molecule has 3 heteroatoms. The number of hydrogen-bond acceptors (Lipinski definition) is 1. The van der Waals surface area contributed by atoms with E-state index in [4.69, 9.17) is 11.6 Å². The zero-order valence-corrected chi connectivity index (χ0v) is 9.35. The zero-order chi connectivity index (χ0) is 9.42. The number of halogens is 2. The van der Waals surface area contributed by atoms with E-state index >= 15 is 0 Å². The van der Waals surface area contributed by atoms with Crippen LogP contribution >= 0.6 is 27.5 Å². The van der Waals surface area contributed by atoms with E-state index in [0.29, 0.717) is 0 Å². The fourth-order valence-corrected chi connectivity index (χ4v) is 2.10. The van der Waals surface area contributed by atoms with E-state index < -0.39 is 0 Å². The zero-order valence-electron chi connectivity index (χ0n) is 7.01. The minimum atomic E-state index is 0.735. The lowest BCUT2D eigenvalue weighted by atomic mass is 10.1. The van der Waals surface area contributed by atoms with Gasteiger partial charge in [-0.25, -0.2) is 4.98 Å². The number of hydrogen-bond donors (Lipinski definition) is 0. The van der Waals surface area contributed by atoms with Gasteiger partial charge in [0.25, 0.3) is 0 Å². The Kier molecular flexibility index (Phi) is 2.26. The van der Waals surface area contributed by atoms with E-state index in [1.165, 1.54) is 0 Å². The Labute approximate surface area is 89.9 Å². The molecule has 1 aromatic heterocycles. The topological polar surface area (TPSA) is 12.9 Å². The van der Waals surface area contributed by atoms with Crippen LogP contribution < -0.4 is 0 Å². The van der Waals surface area contributed by atoms with Gasteiger partial charge >= 0.3 is 0 Å². The fraction of sp³-hybridized carbons (Fsp3) is 0.100. The molecule has 1 nitrogen and oxygen atoms in total. The standard InChI is InChI=1S/C10H7BrClN/c1-6-4-7-2-3-8(12)5-9(7)10(11)13-6/h2-5H,1H3. The molecule has 0 aliphatic rings. The second-order valence-electron chi connectivity index (χ2n) is 2.92. The number of aryl methyl sites for hydroxylation is 1. The van der Waals surface area contributed by atoms with Crippen LogP contribution in [0.5, 0.6) is 0 Å². The highest BCUT2D eigenvalue weighted by Crippen LogP contribution is 2.25. The smallest absolute Gasteiger partial charge is 0.114 e. The summed E-state index contributed by atoms with van der Waals surface area (Å²) in [5, 5.41) is 2.95. The minimum Gasteiger partial charge on any atom is -0.246 e. The lowest BCUT2D eigenvalue weighted by Gasteiger charge is -2.02. The number of benzene rings is 1. The number of fused-ring (bicyclic) bond motifs is 1. The van der Waals surface area contributed by atoms with E-state index in [1.807, 2.05) is 31.2 Å². The maximum Gasteiger partial charge on any atom is 0.114 e. The predicted molar refractivity (Wildman–Crippen MR) is 59.2 cm³/mol. The van der Waals surface area contributed by atoms with Crippen LogP contribution in [-0.2, 0) is 0 Å². The molecule has 0 unspecified atom stereocenters. The summed E-state index contributed by atoms with van der Waals surface area (Å²) < 4.78 is 0.852. The third kappa shape index (κ3) is 1.69. The minimum absolute atomic E-state index is 0.735. The van der Waals surface area contributed by atoms with Crippen LogP contribution in [0.25, 0.3) is 10.8 Å². The molecule has 0 spiro atoms. The maximum atomic E-state index is 5.88. The monoisotopic (exact) mass is 255 g/mol. The Morgan fingerprint density at radius 2 is 2.08 bits per heavy atom. The van der Waals surface area contributed by atoms with Crippen molar-refractivity contribution in [3.05, 3.63) is 39.6 Å². The van der Waals surface area contributed by atoms with Crippen molar-refractivity contribution in [1.82, 2.24) is 4.98 Å². The van der Waals surface area contributed by atoms with E-state index in [1.54, 1.807) is 0 Å². The van der Waals surface area contributed by atoms with Crippen LogP contribution in [0, 0.1) is 6.92 Å². The molecule has 0 fully saturated rings. The molecule has 1 heterocycles. The molecular weight excluding hydrogens is 249 g/mol. The largest absolute Gasteiger partial charge is 0.246 e. The molecule has 0 amide bonds. The van der Waals surface area contributed by atoms with Gasteiger partial charge in [-0.2, -0.15) is 0 Å². The van der Waals surface area contributed by atoms with E-state index in [0.717, 1.165) is 26.1 Å². The summed E-state index contributed by atoms with van der Waals surface area (Å²) in [6.45, 7) is 1.97. The highest BCUT2D eigenvalue weighted by molar-refractivity contribution is 9.10. The Morgan fingerprint density at radius 1 is 1.31 bits per heavy atom. The van der Waals surface area contributed by atoms with Crippen LogP contribution in [0.15, 0.2) is 28.9 Å². The van der Waals surface area contributed by atoms with Gasteiger partial charge in [-0.15, -0.1) is 0 Å². The summed E-state index contributed by atoms with van der Waals surface area (Å²) in [5.74, 6) is 0. The van der Waals surface area contributed by atoms with Gasteiger partial charge in [0, 0.05) is 16.1 Å². The molecule has 0 aliphatic carbocycles. The molecule has 0 bridgehead atoms. The molecule has 0 aliphatic heterocycles. The SMILES string of the molecule is Cc1cc2ccc(Cl)cc2c(Br)n1. The lowest BCUT2D eigenvalue weighted by Crippen LogP contribution is -1.84. The van der Waals surface area contributed by atoms with Gasteiger partial charge in [-0.3, -0.25) is 0 Å². The number of aromatic nitrogens is 1. The molecule has 0 N–H and O–H groups in total. The van der Waals surface area contributed by atoms with Crippen molar-refractivity contribution in [2.75, 3.05) is 0 Å². The second-order valence-corrected chi connectivity index (χ2v) is 4.11. The van der Waals surface area contributed by atoms with Gasteiger partial charge in [0.05, 0.1) is 0 Å². The number of pyridine rings is 1. The van der Waals surface area contributed by atoms with Crippen molar-refractivity contribution in [2.45, 2.75) is 6.92 Å². The van der Waals surface area contributed by atoms with Crippen molar-refractivity contribution >= 4 is 38.3 Å². The molecule has 0 radical (unpaired) electrons. The first kappa shape index (κ1) is 8.97. The molecule has 66 valence electrons. The van der Waals surface area contributed by atoms with E-state index in [9.17, 15) is 0 Å². The molecule has 0 saturated heterocycles. The van der Waals surface area contributed by atoms with Crippen molar-refractivity contribution in [3.63, 3.8) is 0 Å². The first-order valence-corrected chi connectivity index (χ1v) is 5.06.